The van der Waals surface area contributed by atoms with E-state index in [1.165, 1.54) is 18.2 Å². The Labute approximate surface area is 157 Å². The quantitative estimate of drug-likeness (QED) is 0.626. The normalized spacial score (nSPS) is 15.7. The maximum atomic E-state index is 12.8. The highest BCUT2D eigenvalue weighted by Crippen LogP contribution is 2.31. The zero-order valence-corrected chi connectivity index (χ0v) is 14.0. The lowest BCUT2D eigenvalue weighted by atomic mass is 10.3. The number of methoxy groups -OCH3 is 2. The Morgan fingerprint density at radius 2 is 2.27 bits per heavy atom. The molecular formula is C16H15F2N3O4S. The summed E-state index contributed by atoms with van der Waals surface area (Å²) in [6, 6.07) is 3.45. The molecule has 0 spiro atoms. The molecule has 3 rings (SSSR count). The summed E-state index contributed by atoms with van der Waals surface area (Å²) < 4.78 is 89.3. The van der Waals surface area contributed by atoms with Gasteiger partial charge in [0.2, 0.25) is 0 Å². The predicted octanol–water partition coefficient (Wildman–Crippen LogP) is 2.88. The van der Waals surface area contributed by atoms with Gasteiger partial charge in [0, 0.05) is 29.5 Å². The standard InChI is InChI=1S/C16H15F2N3O4S/c1-23-13-5-6-19-12(14(13)24-2)8-26(22)16-20-10-4-3-9(25-15(17)18)7-11(10)21-16/h3-7,15H,8H2,1-2H3,(H,20,21)/i2D3,5D,6D. The van der Waals surface area contributed by atoms with Gasteiger partial charge >= 0.3 is 11.8 Å². The summed E-state index contributed by atoms with van der Waals surface area (Å²) in [6.07, 6.45) is -0.528. The third-order valence-electron chi connectivity index (χ3n) is 3.28. The smallest absolute Gasteiger partial charge is 0.387 e. The van der Waals surface area contributed by atoms with Crippen molar-refractivity contribution in [2.24, 2.45) is 0 Å². The summed E-state index contributed by atoms with van der Waals surface area (Å²) in [5.74, 6) is -1.31. The number of rotatable bonds is 7. The van der Waals surface area contributed by atoms with Crippen LogP contribution < -0.4 is 14.2 Å². The van der Waals surface area contributed by atoms with Gasteiger partial charge in [0.05, 0.1) is 32.0 Å². The van der Waals surface area contributed by atoms with Crippen LogP contribution >= 0.6 is 0 Å². The number of H-pyrrole nitrogens is 1. The molecule has 0 amide bonds. The molecule has 7 nitrogen and oxygen atoms in total. The van der Waals surface area contributed by atoms with Crippen LogP contribution in [0.25, 0.3) is 11.0 Å². The number of aromatic nitrogens is 3. The van der Waals surface area contributed by atoms with Crippen LogP contribution in [0.3, 0.4) is 0 Å². The van der Waals surface area contributed by atoms with E-state index in [9.17, 15) is 13.3 Å². The molecule has 1 aromatic carbocycles. The molecule has 3 aromatic rings. The van der Waals surface area contributed by atoms with E-state index in [1.54, 1.807) is 0 Å². The number of ether oxygens (including phenoxy) is 3. The first-order valence-corrected chi connectivity index (χ1v) is 8.36. The molecule has 0 aliphatic carbocycles. The van der Waals surface area contributed by atoms with Crippen molar-refractivity contribution in [3.8, 4) is 17.2 Å². The Morgan fingerprint density at radius 1 is 1.42 bits per heavy atom. The second kappa shape index (κ2) is 7.75. The van der Waals surface area contributed by atoms with E-state index in [1.807, 2.05) is 0 Å². The lowest BCUT2D eigenvalue weighted by Crippen LogP contribution is -2.10. The Bertz CT molecular complexity index is 1100. The maximum absolute atomic E-state index is 12.8. The van der Waals surface area contributed by atoms with E-state index in [-0.39, 0.29) is 27.9 Å². The summed E-state index contributed by atoms with van der Waals surface area (Å²) in [7, 11) is -1.75. The highest BCUT2D eigenvalue weighted by Gasteiger charge is 2.22. The van der Waals surface area contributed by atoms with E-state index < -0.39 is 48.5 Å². The number of benzene rings is 1. The number of nitrogens with one attached hydrogen (secondary N) is 1. The number of fused-ring (bicyclic) bond motifs is 1. The molecule has 0 fully saturated rings. The number of halogens is 2. The lowest BCUT2D eigenvalue weighted by Gasteiger charge is -2.12. The maximum Gasteiger partial charge on any atom is 0.387 e. The van der Waals surface area contributed by atoms with Crippen LogP contribution in [0, 0.1) is 0 Å². The van der Waals surface area contributed by atoms with Gasteiger partial charge in [-0.15, -0.1) is 0 Å². The van der Waals surface area contributed by atoms with Gasteiger partial charge in [0.15, 0.2) is 17.3 Å². The monoisotopic (exact) mass is 388 g/mol. The molecule has 0 saturated carbocycles. The predicted molar refractivity (Wildman–Crippen MR) is 90.2 cm³/mol. The molecule has 0 aliphatic heterocycles. The third-order valence-corrected chi connectivity index (χ3v) is 4.44. The fourth-order valence-electron chi connectivity index (χ4n) is 2.17. The van der Waals surface area contributed by atoms with Crippen molar-refractivity contribution in [2.45, 2.75) is 17.5 Å². The molecule has 0 bridgehead atoms. The van der Waals surface area contributed by atoms with Gasteiger partial charge in [0.25, 0.3) is 0 Å². The number of hydrogen-bond donors (Lipinski definition) is 1. The van der Waals surface area contributed by atoms with Gasteiger partial charge in [-0.2, -0.15) is 13.8 Å². The second-order valence-electron chi connectivity index (χ2n) is 4.85. The summed E-state index contributed by atoms with van der Waals surface area (Å²) >= 11 is -1.93. The summed E-state index contributed by atoms with van der Waals surface area (Å²) in [6.45, 7) is -3.01. The minimum Gasteiger partial charge on any atom is -0.609 e. The highest BCUT2D eigenvalue weighted by molar-refractivity contribution is 7.90. The fourth-order valence-corrected chi connectivity index (χ4v) is 3.18. The van der Waals surface area contributed by atoms with Gasteiger partial charge in [-0.1, -0.05) is 0 Å². The number of pyridine rings is 1. The van der Waals surface area contributed by atoms with Crippen LogP contribution in [0.5, 0.6) is 17.2 Å². The molecule has 0 aliphatic rings. The van der Waals surface area contributed by atoms with Crippen LogP contribution in [0.4, 0.5) is 8.78 Å². The van der Waals surface area contributed by atoms with Crippen LogP contribution in [0.1, 0.15) is 12.5 Å². The van der Waals surface area contributed by atoms with E-state index in [0.29, 0.717) is 5.52 Å². The molecule has 138 valence electrons. The zero-order chi connectivity index (χ0) is 22.9. The molecular weight excluding hydrogens is 368 g/mol. The first kappa shape index (κ1) is 12.7. The minimum absolute atomic E-state index is 0.0497. The number of hydrogen-bond acceptors (Lipinski definition) is 6. The van der Waals surface area contributed by atoms with Gasteiger partial charge in [0.1, 0.15) is 11.4 Å². The SMILES string of the molecule is [2H]c1nc(C[S+]([O-])c2nc3cc(OC(F)F)ccc3[nH]2)c(OC([2H])([2H])[2H])c(OC)c1[2H]. The van der Waals surface area contributed by atoms with Gasteiger partial charge < -0.3 is 18.8 Å². The molecule has 0 radical (unpaired) electrons. The van der Waals surface area contributed by atoms with Crippen molar-refractivity contribution in [3.05, 3.63) is 36.1 Å². The molecule has 1 N–H and O–H groups in total. The molecule has 1 unspecified atom stereocenters. The van der Waals surface area contributed by atoms with E-state index in [0.717, 1.165) is 7.11 Å². The van der Waals surface area contributed by atoms with Crippen molar-refractivity contribution < 1.29 is 34.4 Å². The summed E-state index contributed by atoms with van der Waals surface area (Å²) in [5.41, 5.74) is 0.431. The number of imidazole rings is 1. The Morgan fingerprint density at radius 3 is 3.00 bits per heavy atom. The Balaban J connectivity index is 1.95. The van der Waals surface area contributed by atoms with Crippen LogP contribution in [-0.4, -0.2) is 40.3 Å². The van der Waals surface area contributed by atoms with Crippen LogP contribution in [0.15, 0.2) is 35.6 Å². The molecule has 10 heteroatoms. The van der Waals surface area contributed by atoms with E-state index >= 15 is 0 Å². The number of alkyl halides is 2. The van der Waals surface area contributed by atoms with Crippen molar-refractivity contribution in [3.63, 3.8) is 0 Å². The lowest BCUT2D eigenvalue weighted by molar-refractivity contribution is -0.0497. The Kier molecular flexibility index (Phi) is 3.79. The van der Waals surface area contributed by atoms with Gasteiger partial charge in [-0.05, 0) is 12.1 Å². The number of aromatic amines is 1. The van der Waals surface area contributed by atoms with Crippen molar-refractivity contribution in [2.75, 3.05) is 14.1 Å². The van der Waals surface area contributed by atoms with Crippen LogP contribution in [0.2, 0.25) is 0 Å². The first-order chi connectivity index (χ1) is 14.5. The third kappa shape index (κ3) is 3.81. The average molecular weight is 388 g/mol. The van der Waals surface area contributed by atoms with Crippen molar-refractivity contribution in [1.82, 2.24) is 15.0 Å². The molecule has 1 atom stereocenters. The van der Waals surface area contributed by atoms with Gasteiger partial charge in [-0.3, -0.25) is 9.97 Å². The molecule has 26 heavy (non-hydrogen) atoms. The fraction of sp³-hybridized carbons (Fsp3) is 0.250. The number of nitrogens with zero attached hydrogens (tertiary/aromatic N) is 2. The Hall–Kier alpha value is -2.59. The molecule has 0 saturated heterocycles. The van der Waals surface area contributed by atoms with Crippen molar-refractivity contribution >= 4 is 22.2 Å². The summed E-state index contributed by atoms with van der Waals surface area (Å²) in [5, 5.41) is -0.0497. The largest absolute Gasteiger partial charge is 0.609 e. The summed E-state index contributed by atoms with van der Waals surface area (Å²) in [4.78, 5) is 10.7. The molecule has 2 aromatic heterocycles. The first-order valence-electron chi connectivity index (χ1n) is 9.54. The highest BCUT2D eigenvalue weighted by atomic mass is 32.2. The van der Waals surface area contributed by atoms with Crippen molar-refractivity contribution in [1.29, 1.82) is 0 Å². The topological polar surface area (TPSA) is 92.3 Å². The molecule has 2 heterocycles. The second-order valence-corrected chi connectivity index (χ2v) is 6.22. The zero-order valence-electron chi connectivity index (χ0n) is 18.2. The van der Waals surface area contributed by atoms with E-state index in [4.69, 9.17) is 16.3 Å². The van der Waals surface area contributed by atoms with Crippen LogP contribution in [-0.2, 0) is 16.9 Å². The van der Waals surface area contributed by atoms with E-state index in [2.05, 4.69) is 19.7 Å². The van der Waals surface area contributed by atoms with Gasteiger partial charge in [-0.25, -0.2) is 0 Å². The minimum atomic E-state index is -3.01. The average Bonchev–Trinajstić information content (AvgIpc) is 3.08.